The molecular formula is C33H35N9O3. The second kappa shape index (κ2) is 11.4. The number of nitrogens with one attached hydrogen (secondary N) is 2. The van der Waals surface area contributed by atoms with Crippen LogP contribution in [-0.4, -0.2) is 75.9 Å². The van der Waals surface area contributed by atoms with Gasteiger partial charge in [-0.25, -0.2) is 9.97 Å². The first-order valence-corrected chi connectivity index (χ1v) is 14.9. The lowest BCUT2D eigenvalue weighted by molar-refractivity contribution is -0.111. The summed E-state index contributed by atoms with van der Waals surface area (Å²) in [7, 11) is 5.80. The van der Waals surface area contributed by atoms with Gasteiger partial charge in [0.15, 0.2) is 0 Å². The van der Waals surface area contributed by atoms with Gasteiger partial charge in [-0.2, -0.15) is 0 Å². The van der Waals surface area contributed by atoms with Crippen LogP contribution in [-0.2, 0) is 11.8 Å². The molecule has 2 aliphatic rings. The molecule has 12 heteroatoms. The molecule has 0 spiro atoms. The Labute approximate surface area is 260 Å². The second-order valence-electron chi connectivity index (χ2n) is 11.8. The third-order valence-electron chi connectivity index (χ3n) is 8.71. The van der Waals surface area contributed by atoms with Crippen LogP contribution in [0.2, 0.25) is 0 Å². The van der Waals surface area contributed by atoms with Crippen LogP contribution in [0, 0.1) is 18.8 Å². The first-order chi connectivity index (χ1) is 21.8. The van der Waals surface area contributed by atoms with E-state index in [9.17, 15) is 4.79 Å². The molecule has 2 saturated heterocycles. The summed E-state index contributed by atoms with van der Waals surface area (Å²) in [5.41, 5.74) is 5.38. The van der Waals surface area contributed by atoms with Crippen molar-refractivity contribution in [3.05, 3.63) is 67.3 Å². The maximum absolute atomic E-state index is 12.5. The quantitative estimate of drug-likeness (QED) is 0.237. The van der Waals surface area contributed by atoms with Crippen LogP contribution in [0.15, 0.2) is 65.9 Å². The predicted octanol–water partition coefficient (Wildman–Crippen LogP) is 4.87. The fourth-order valence-corrected chi connectivity index (χ4v) is 6.67. The van der Waals surface area contributed by atoms with E-state index in [0.717, 1.165) is 48.3 Å². The molecule has 2 N–H and O–H groups in total. The Balaban J connectivity index is 1.30. The Hall–Kier alpha value is -5.23. The Bertz CT molecular complexity index is 1920. The van der Waals surface area contributed by atoms with E-state index in [1.54, 1.807) is 20.2 Å². The number of aryl methyl sites for hydroxylation is 2. The first kappa shape index (κ1) is 28.5. The van der Waals surface area contributed by atoms with Gasteiger partial charge in [-0.05, 0) is 37.1 Å². The van der Waals surface area contributed by atoms with Gasteiger partial charge in [-0.3, -0.25) is 4.79 Å². The maximum atomic E-state index is 12.5. The number of nitrogens with zero attached hydrogens (tertiary/aromatic N) is 7. The molecule has 1 amide bonds. The number of rotatable bonds is 8. The Morgan fingerprint density at radius 3 is 2.56 bits per heavy atom. The molecule has 12 nitrogen and oxygen atoms in total. The maximum Gasteiger partial charge on any atom is 0.251 e. The zero-order valence-corrected chi connectivity index (χ0v) is 25.7. The average molecular weight is 606 g/mol. The summed E-state index contributed by atoms with van der Waals surface area (Å²) in [6.07, 6.45) is 4.98. The molecule has 2 aliphatic heterocycles. The molecule has 0 radical (unpaired) electrons. The molecule has 5 aromatic rings. The number of hydrogen-bond donors (Lipinski definition) is 2. The smallest absolute Gasteiger partial charge is 0.251 e. The van der Waals surface area contributed by atoms with E-state index in [2.05, 4.69) is 65.9 Å². The van der Waals surface area contributed by atoms with Gasteiger partial charge in [0, 0.05) is 75.1 Å². The van der Waals surface area contributed by atoms with Crippen LogP contribution in [0.5, 0.6) is 5.75 Å². The number of aromatic nitrogens is 5. The minimum absolute atomic E-state index is 0.291. The van der Waals surface area contributed by atoms with Crippen LogP contribution in [0.1, 0.15) is 5.89 Å². The molecule has 2 fully saturated rings. The largest absolute Gasteiger partial charge is 0.494 e. The van der Waals surface area contributed by atoms with Crippen molar-refractivity contribution in [2.24, 2.45) is 18.9 Å². The Morgan fingerprint density at radius 1 is 1.07 bits per heavy atom. The van der Waals surface area contributed by atoms with E-state index in [1.165, 1.54) is 6.08 Å². The van der Waals surface area contributed by atoms with Crippen molar-refractivity contribution in [3.63, 3.8) is 0 Å². The number of ether oxygens (including phenoxy) is 1. The highest BCUT2D eigenvalue weighted by molar-refractivity contribution is 6.02. The summed E-state index contributed by atoms with van der Waals surface area (Å²) in [6.45, 7) is 9.36. The zero-order valence-electron chi connectivity index (χ0n) is 25.7. The molecule has 2 atom stereocenters. The predicted molar refractivity (Wildman–Crippen MR) is 174 cm³/mol. The molecule has 230 valence electrons. The van der Waals surface area contributed by atoms with Crippen molar-refractivity contribution in [1.82, 2.24) is 29.6 Å². The lowest BCUT2D eigenvalue weighted by atomic mass is 10.0. The number of benzene rings is 2. The number of likely N-dealkylation sites (tertiary alicyclic amines) is 1. The molecule has 7 rings (SSSR count). The van der Waals surface area contributed by atoms with Gasteiger partial charge in [-0.1, -0.05) is 24.8 Å². The number of carbonyl (C=O) groups excluding carboxylic acids is 1. The summed E-state index contributed by atoms with van der Waals surface area (Å²) >= 11 is 0. The number of fused-ring (bicyclic) bond motifs is 2. The average Bonchev–Trinajstić information content (AvgIpc) is 3.80. The number of anilines is 4. The summed E-state index contributed by atoms with van der Waals surface area (Å²) in [5.74, 6) is 2.60. The van der Waals surface area contributed by atoms with Crippen LogP contribution in [0.25, 0.3) is 33.6 Å². The van der Waals surface area contributed by atoms with Gasteiger partial charge in [0.25, 0.3) is 5.89 Å². The molecular weight excluding hydrogens is 570 g/mol. The van der Waals surface area contributed by atoms with E-state index >= 15 is 0 Å². The molecule has 2 aromatic carbocycles. The summed E-state index contributed by atoms with van der Waals surface area (Å²) in [6, 6.07) is 12.0. The van der Waals surface area contributed by atoms with Gasteiger partial charge in [-0.15, -0.1) is 10.2 Å². The van der Waals surface area contributed by atoms with Gasteiger partial charge >= 0.3 is 0 Å². The number of methoxy groups -OCH3 is 1. The molecule has 3 aromatic heterocycles. The zero-order chi connectivity index (χ0) is 31.2. The monoisotopic (exact) mass is 605 g/mol. The molecule has 0 bridgehead atoms. The van der Waals surface area contributed by atoms with Crippen molar-refractivity contribution < 1.29 is 13.9 Å². The lowest BCUT2D eigenvalue weighted by Crippen LogP contribution is -2.27. The van der Waals surface area contributed by atoms with E-state index in [1.807, 2.05) is 37.5 Å². The molecule has 45 heavy (non-hydrogen) atoms. The Morgan fingerprint density at radius 2 is 1.84 bits per heavy atom. The normalized spacial score (nSPS) is 17.9. The van der Waals surface area contributed by atoms with Crippen LogP contribution >= 0.6 is 0 Å². The van der Waals surface area contributed by atoms with Gasteiger partial charge < -0.3 is 34.2 Å². The molecule has 0 saturated carbocycles. The standard InChI is InChI=1S/C33H35N9O3/c1-6-30(43)35-25-11-26(29(44-5)12-28(25)42-16-20-14-40(3)15-21(20)17-42)36-33-34-13-23(32-39-38-19(2)45-32)31(37-33)24-18-41(4)27-10-8-7-9-22(24)27/h6-13,18,20-21H,1,14-17H2,2-5H3,(H,35,43)(H,34,36,37)/t20-,21+. The number of amides is 1. The van der Waals surface area contributed by atoms with Gasteiger partial charge in [0.05, 0.1) is 35.4 Å². The van der Waals surface area contributed by atoms with E-state index in [-0.39, 0.29) is 5.91 Å². The number of para-hydroxylation sites is 1. The minimum Gasteiger partial charge on any atom is -0.494 e. The van der Waals surface area contributed by atoms with Crippen molar-refractivity contribution in [2.75, 3.05) is 55.9 Å². The molecule has 0 unspecified atom stereocenters. The first-order valence-electron chi connectivity index (χ1n) is 14.9. The van der Waals surface area contributed by atoms with Crippen LogP contribution in [0.3, 0.4) is 0 Å². The molecule has 5 heterocycles. The van der Waals surface area contributed by atoms with Gasteiger partial charge in [0.2, 0.25) is 17.7 Å². The second-order valence-corrected chi connectivity index (χ2v) is 11.8. The lowest BCUT2D eigenvalue weighted by Gasteiger charge is -2.26. The minimum atomic E-state index is -0.291. The van der Waals surface area contributed by atoms with E-state index in [0.29, 0.717) is 57.9 Å². The number of hydrogen-bond acceptors (Lipinski definition) is 10. The van der Waals surface area contributed by atoms with Crippen molar-refractivity contribution in [2.45, 2.75) is 6.92 Å². The highest BCUT2D eigenvalue weighted by Gasteiger charge is 2.39. The third-order valence-corrected chi connectivity index (χ3v) is 8.71. The van der Waals surface area contributed by atoms with Crippen molar-refractivity contribution in [1.29, 1.82) is 0 Å². The Kier molecular flexibility index (Phi) is 7.20. The summed E-state index contributed by atoms with van der Waals surface area (Å²) in [4.78, 5) is 26.9. The van der Waals surface area contributed by atoms with Crippen LogP contribution < -0.4 is 20.3 Å². The van der Waals surface area contributed by atoms with Crippen molar-refractivity contribution in [3.8, 4) is 28.5 Å². The van der Waals surface area contributed by atoms with Gasteiger partial charge in [0.1, 0.15) is 5.75 Å². The van der Waals surface area contributed by atoms with E-state index < -0.39 is 0 Å². The topological polar surface area (TPSA) is 126 Å². The van der Waals surface area contributed by atoms with Crippen LogP contribution in [0.4, 0.5) is 23.0 Å². The summed E-state index contributed by atoms with van der Waals surface area (Å²) in [5, 5.41) is 15.7. The fourth-order valence-electron chi connectivity index (χ4n) is 6.67. The van der Waals surface area contributed by atoms with E-state index in [4.69, 9.17) is 14.1 Å². The highest BCUT2D eigenvalue weighted by Crippen LogP contribution is 2.43. The highest BCUT2D eigenvalue weighted by atomic mass is 16.5. The van der Waals surface area contributed by atoms with Crippen molar-refractivity contribution >= 4 is 39.8 Å². The SMILES string of the molecule is C=CC(=O)Nc1cc(Nc2ncc(-c3nnc(C)o3)c(-c3cn(C)c4ccccc34)n2)c(OC)cc1N1C[C@H]2CN(C)C[C@H]2C1. The summed E-state index contributed by atoms with van der Waals surface area (Å²) < 4.78 is 13.7. The number of carbonyl (C=O) groups is 1. The third kappa shape index (κ3) is 5.27. The molecule has 0 aliphatic carbocycles. The fraction of sp³-hybridized carbons (Fsp3) is 0.303.